The largest absolute Gasteiger partial charge is 0.507 e. The lowest BCUT2D eigenvalue weighted by Crippen LogP contribution is -2.68. The van der Waals surface area contributed by atoms with Crippen molar-refractivity contribution in [3.63, 3.8) is 0 Å². The van der Waals surface area contributed by atoms with Crippen LogP contribution in [0.2, 0.25) is 0 Å². The molecule has 3 aliphatic rings. The van der Waals surface area contributed by atoms with E-state index < -0.39 is 5.72 Å². The van der Waals surface area contributed by atoms with Gasteiger partial charge in [-0.15, -0.1) is 0 Å². The lowest BCUT2D eigenvalue weighted by molar-refractivity contribution is -0.189. The third kappa shape index (κ3) is 3.24. The van der Waals surface area contributed by atoms with Gasteiger partial charge in [0.05, 0.1) is 5.57 Å². The number of para-hydroxylation sites is 1. The number of allylic oxidation sites excluding steroid dienone is 1. The topological polar surface area (TPSA) is 49.8 Å². The molecule has 166 valence electrons. The molecule has 1 N–H and O–H groups in total. The van der Waals surface area contributed by atoms with Crippen molar-refractivity contribution in [2.75, 3.05) is 6.54 Å². The molecule has 3 atom stereocenters. The maximum absolute atomic E-state index is 13.9. The lowest BCUT2D eigenvalue weighted by atomic mass is 9.63. The van der Waals surface area contributed by atoms with Crippen LogP contribution in [0.5, 0.6) is 5.75 Å². The molecule has 1 saturated heterocycles. The maximum atomic E-state index is 13.9. The van der Waals surface area contributed by atoms with E-state index in [1.54, 1.807) is 6.08 Å². The standard InChI is InChI=1S/C28H31NO3/c1-3-18-29-27(31)26(23(30)16-15-20-13-11-19(2)12-14-20)25-21-8-4-5-10-24(21)32-28(29)17-7-6-9-22(25)28/h4-5,8,10-16,22,25,30H,3,6-7,9,17-18H2,1-2H3/b16-15+,26-23-/t22-,25-,28+/m0/s1. The minimum absolute atomic E-state index is 0.0672. The molecule has 4 nitrogen and oxygen atoms in total. The SMILES string of the molecule is CCCN1C(=O)/C(=C(O)/C=C/c2ccc(C)cc2)[C@H]2c3ccccc3O[C@@]13CCCC[C@@H]23. The van der Waals surface area contributed by atoms with Crippen LogP contribution >= 0.6 is 0 Å². The molecule has 2 aromatic carbocycles. The van der Waals surface area contributed by atoms with Gasteiger partial charge >= 0.3 is 0 Å². The number of carbonyl (C=O) groups excluding carboxylic acids is 1. The summed E-state index contributed by atoms with van der Waals surface area (Å²) < 4.78 is 6.68. The molecule has 0 unspecified atom stereocenters. The monoisotopic (exact) mass is 429 g/mol. The van der Waals surface area contributed by atoms with E-state index in [9.17, 15) is 9.90 Å². The summed E-state index contributed by atoms with van der Waals surface area (Å²) in [7, 11) is 0. The summed E-state index contributed by atoms with van der Waals surface area (Å²) in [6, 6.07) is 16.2. The Balaban J connectivity index is 1.66. The summed E-state index contributed by atoms with van der Waals surface area (Å²) in [6.45, 7) is 4.77. The molecule has 2 bridgehead atoms. The minimum atomic E-state index is -0.602. The zero-order valence-corrected chi connectivity index (χ0v) is 18.9. The molecule has 2 aromatic rings. The van der Waals surface area contributed by atoms with E-state index in [1.165, 1.54) is 5.56 Å². The molecule has 1 saturated carbocycles. The number of likely N-dealkylation sites (tertiary alicyclic amines) is 1. The molecular formula is C28H31NO3. The van der Waals surface area contributed by atoms with Crippen molar-refractivity contribution < 1.29 is 14.6 Å². The van der Waals surface area contributed by atoms with E-state index in [0.29, 0.717) is 12.1 Å². The molecule has 2 aliphatic heterocycles. The first-order valence-corrected chi connectivity index (χ1v) is 11.8. The van der Waals surface area contributed by atoms with Crippen molar-refractivity contribution in [3.8, 4) is 5.75 Å². The Kier molecular flexibility index (Phi) is 5.32. The average Bonchev–Trinajstić information content (AvgIpc) is 2.81. The van der Waals surface area contributed by atoms with Crippen LogP contribution in [-0.4, -0.2) is 28.2 Å². The number of aliphatic hydroxyl groups is 1. The Morgan fingerprint density at radius 3 is 2.75 bits per heavy atom. The van der Waals surface area contributed by atoms with Crippen molar-refractivity contribution in [2.24, 2.45) is 5.92 Å². The Morgan fingerprint density at radius 2 is 1.97 bits per heavy atom. The summed E-state index contributed by atoms with van der Waals surface area (Å²) in [5.74, 6) is 0.828. The third-order valence-corrected chi connectivity index (χ3v) is 7.30. The Hall–Kier alpha value is -3.01. The lowest BCUT2D eigenvalue weighted by Gasteiger charge is -2.59. The van der Waals surface area contributed by atoms with Crippen LogP contribution in [0.1, 0.15) is 61.6 Å². The number of carbonyl (C=O) groups is 1. The zero-order valence-electron chi connectivity index (χ0n) is 18.9. The van der Waals surface area contributed by atoms with Gasteiger partial charge in [0, 0.05) is 30.4 Å². The summed E-state index contributed by atoms with van der Waals surface area (Å²) in [5.41, 5.74) is 3.12. The quantitative estimate of drug-likeness (QED) is 0.469. The molecule has 1 amide bonds. The highest BCUT2D eigenvalue weighted by atomic mass is 16.5. The van der Waals surface area contributed by atoms with E-state index in [1.807, 2.05) is 53.4 Å². The van der Waals surface area contributed by atoms with Crippen LogP contribution in [0.25, 0.3) is 6.08 Å². The van der Waals surface area contributed by atoms with Crippen LogP contribution < -0.4 is 4.74 Å². The highest BCUT2D eigenvalue weighted by Gasteiger charge is 2.61. The third-order valence-electron chi connectivity index (χ3n) is 7.30. The van der Waals surface area contributed by atoms with Crippen LogP contribution in [0.15, 0.2) is 65.9 Å². The van der Waals surface area contributed by atoms with Gasteiger partial charge in [-0.2, -0.15) is 0 Å². The van der Waals surface area contributed by atoms with Gasteiger partial charge in [0.25, 0.3) is 5.91 Å². The van der Waals surface area contributed by atoms with Crippen LogP contribution in [-0.2, 0) is 4.79 Å². The minimum Gasteiger partial charge on any atom is -0.507 e. The second-order valence-electron chi connectivity index (χ2n) is 9.31. The summed E-state index contributed by atoms with van der Waals surface area (Å²) in [6.07, 6.45) is 8.44. The molecule has 2 heterocycles. The molecule has 2 fully saturated rings. The molecule has 0 aromatic heterocycles. The number of fused-ring (bicyclic) bond motifs is 2. The van der Waals surface area contributed by atoms with Gasteiger partial charge in [-0.05, 0) is 43.9 Å². The Bertz CT molecular complexity index is 1080. The number of nitrogens with zero attached hydrogens (tertiary/aromatic N) is 1. The van der Waals surface area contributed by atoms with Crippen molar-refractivity contribution >= 4 is 12.0 Å². The molecule has 4 heteroatoms. The van der Waals surface area contributed by atoms with Crippen molar-refractivity contribution in [2.45, 2.75) is 57.6 Å². The summed E-state index contributed by atoms with van der Waals surface area (Å²) >= 11 is 0. The van der Waals surface area contributed by atoms with Crippen LogP contribution in [0, 0.1) is 12.8 Å². The number of ether oxygens (including phenoxy) is 1. The molecule has 5 rings (SSSR count). The molecule has 0 radical (unpaired) electrons. The van der Waals surface area contributed by atoms with E-state index in [0.717, 1.165) is 49.0 Å². The average molecular weight is 430 g/mol. The van der Waals surface area contributed by atoms with Gasteiger partial charge in [0.15, 0.2) is 5.72 Å². The Labute approximate surface area is 190 Å². The normalized spacial score (nSPS) is 28.2. The summed E-state index contributed by atoms with van der Waals surface area (Å²) in [5, 5.41) is 11.3. The number of rotatable bonds is 4. The van der Waals surface area contributed by atoms with E-state index in [2.05, 4.69) is 19.9 Å². The predicted molar refractivity (Wildman–Crippen MR) is 126 cm³/mol. The van der Waals surface area contributed by atoms with Gasteiger partial charge in [-0.3, -0.25) is 4.79 Å². The predicted octanol–water partition coefficient (Wildman–Crippen LogP) is 6.14. The molecule has 0 spiro atoms. The molecular weight excluding hydrogens is 398 g/mol. The van der Waals surface area contributed by atoms with Gasteiger partial charge in [0.2, 0.25) is 0 Å². The van der Waals surface area contributed by atoms with Gasteiger partial charge in [0.1, 0.15) is 11.5 Å². The first-order valence-electron chi connectivity index (χ1n) is 11.8. The van der Waals surface area contributed by atoms with E-state index in [-0.39, 0.29) is 23.5 Å². The van der Waals surface area contributed by atoms with E-state index in [4.69, 9.17) is 4.74 Å². The fraction of sp³-hybridized carbons (Fsp3) is 0.393. The van der Waals surface area contributed by atoms with Gasteiger partial charge in [-0.25, -0.2) is 0 Å². The first-order chi connectivity index (χ1) is 15.5. The number of benzene rings is 2. The fourth-order valence-electron chi connectivity index (χ4n) is 5.87. The van der Waals surface area contributed by atoms with E-state index >= 15 is 0 Å². The fourth-order valence-corrected chi connectivity index (χ4v) is 5.87. The van der Waals surface area contributed by atoms with Crippen molar-refractivity contribution in [1.82, 2.24) is 4.90 Å². The molecule has 32 heavy (non-hydrogen) atoms. The highest BCUT2D eigenvalue weighted by Crippen LogP contribution is 2.58. The van der Waals surface area contributed by atoms with Gasteiger partial charge < -0.3 is 14.7 Å². The maximum Gasteiger partial charge on any atom is 0.257 e. The number of aliphatic hydroxyl groups excluding tert-OH is 1. The van der Waals surface area contributed by atoms with Crippen molar-refractivity contribution in [1.29, 1.82) is 0 Å². The van der Waals surface area contributed by atoms with Crippen LogP contribution in [0.4, 0.5) is 0 Å². The number of amides is 1. The Morgan fingerprint density at radius 1 is 1.19 bits per heavy atom. The number of piperidine rings is 1. The van der Waals surface area contributed by atoms with Crippen molar-refractivity contribution in [3.05, 3.63) is 82.6 Å². The summed E-state index contributed by atoms with van der Waals surface area (Å²) in [4.78, 5) is 15.8. The second-order valence-corrected chi connectivity index (χ2v) is 9.31. The number of hydrogen-bond acceptors (Lipinski definition) is 3. The smallest absolute Gasteiger partial charge is 0.257 e. The second kappa shape index (κ2) is 8.16. The van der Waals surface area contributed by atoms with Gasteiger partial charge in [-0.1, -0.05) is 67.4 Å². The zero-order chi connectivity index (χ0) is 22.3. The number of aryl methyl sites for hydroxylation is 1. The molecule has 1 aliphatic carbocycles. The number of hydrogen-bond donors (Lipinski definition) is 1. The van der Waals surface area contributed by atoms with Crippen LogP contribution in [0.3, 0.4) is 0 Å². The highest BCUT2D eigenvalue weighted by molar-refractivity contribution is 5.98. The first kappa shape index (κ1) is 20.9.